The first kappa shape index (κ1) is 22.7. The average Bonchev–Trinajstić information content (AvgIpc) is 2.77. The number of carbonyl (C=O) groups is 2. The lowest BCUT2D eigenvalue weighted by molar-refractivity contribution is -0.135. The second kappa shape index (κ2) is 10.4. The molecule has 0 bridgehead atoms. The Balaban J connectivity index is 1.96. The number of hydrogen-bond donors (Lipinski definition) is 2. The molecule has 1 aliphatic heterocycles. The number of aliphatic hydroxyl groups excluding tert-OH is 1. The highest BCUT2D eigenvalue weighted by Gasteiger charge is 2.28. The molecule has 31 heavy (non-hydrogen) atoms. The van der Waals surface area contributed by atoms with Crippen LogP contribution in [-0.2, 0) is 30.7 Å². The van der Waals surface area contributed by atoms with Crippen LogP contribution in [0.3, 0.4) is 0 Å². The van der Waals surface area contributed by atoms with Crippen LogP contribution >= 0.6 is 0 Å². The standard InChI is InChI=1S/C24H31N3O4/c1-3-7-17(2)25-23(30)22-20-11-13-26(21(29)16-28)14-19(20)15-27(24(22)31)12-10-18-8-5-4-6-9-18/h4-6,8-9,15,17,28H,3,7,10-14,16H2,1-2H3,(H,25,30). The Bertz CT molecular complexity index is 984. The fourth-order valence-electron chi connectivity index (χ4n) is 4.12. The highest BCUT2D eigenvalue weighted by Crippen LogP contribution is 2.21. The molecule has 2 amide bonds. The Labute approximate surface area is 182 Å². The Kier molecular flexibility index (Phi) is 7.63. The van der Waals surface area contributed by atoms with Crippen molar-refractivity contribution in [2.24, 2.45) is 0 Å². The van der Waals surface area contributed by atoms with Gasteiger partial charge in [-0.3, -0.25) is 14.4 Å². The first-order valence-corrected chi connectivity index (χ1v) is 10.9. The summed E-state index contributed by atoms with van der Waals surface area (Å²) in [6.45, 7) is 4.54. The van der Waals surface area contributed by atoms with Gasteiger partial charge in [-0.05, 0) is 42.9 Å². The number of nitrogens with zero attached hydrogens (tertiary/aromatic N) is 2. The van der Waals surface area contributed by atoms with Gasteiger partial charge in [0.05, 0.1) is 0 Å². The lowest BCUT2D eigenvalue weighted by Crippen LogP contribution is -2.43. The first-order valence-electron chi connectivity index (χ1n) is 10.9. The van der Waals surface area contributed by atoms with E-state index in [0.717, 1.165) is 24.0 Å². The van der Waals surface area contributed by atoms with Crippen molar-refractivity contribution in [3.63, 3.8) is 0 Å². The Morgan fingerprint density at radius 1 is 1.23 bits per heavy atom. The summed E-state index contributed by atoms with van der Waals surface area (Å²) in [4.78, 5) is 39.9. The van der Waals surface area contributed by atoms with E-state index in [1.54, 1.807) is 15.7 Å². The molecule has 0 aliphatic carbocycles. The minimum Gasteiger partial charge on any atom is -0.387 e. The molecule has 0 saturated heterocycles. The van der Waals surface area contributed by atoms with Gasteiger partial charge in [0.1, 0.15) is 12.2 Å². The number of carbonyl (C=O) groups excluding carboxylic acids is 2. The zero-order valence-corrected chi connectivity index (χ0v) is 18.3. The van der Waals surface area contributed by atoms with Crippen molar-refractivity contribution in [3.05, 3.63) is 69.1 Å². The molecule has 7 heteroatoms. The molecule has 0 radical (unpaired) electrons. The van der Waals surface area contributed by atoms with Crippen molar-refractivity contribution in [2.75, 3.05) is 13.2 Å². The van der Waals surface area contributed by atoms with E-state index in [1.807, 2.05) is 37.3 Å². The molecule has 3 rings (SSSR count). The predicted octanol–water partition coefficient (Wildman–Crippen LogP) is 1.89. The third-order valence-corrected chi connectivity index (χ3v) is 5.77. The smallest absolute Gasteiger partial charge is 0.263 e. The Morgan fingerprint density at radius 2 is 1.97 bits per heavy atom. The number of nitrogens with one attached hydrogen (secondary N) is 1. The molecule has 2 heterocycles. The van der Waals surface area contributed by atoms with Gasteiger partial charge in [-0.2, -0.15) is 0 Å². The topological polar surface area (TPSA) is 91.6 Å². The minimum absolute atomic E-state index is 0.0263. The molecule has 2 N–H and O–H groups in total. The normalized spacial score (nSPS) is 14.1. The fourth-order valence-corrected chi connectivity index (χ4v) is 4.12. The number of aromatic nitrogens is 1. The minimum atomic E-state index is -0.551. The Hall–Kier alpha value is -2.93. The van der Waals surface area contributed by atoms with E-state index in [-0.39, 0.29) is 35.5 Å². The fraction of sp³-hybridized carbons (Fsp3) is 0.458. The summed E-state index contributed by atoms with van der Waals surface area (Å²) < 4.78 is 1.58. The largest absolute Gasteiger partial charge is 0.387 e. The molecular weight excluding hydrogens is 394 g/mol. The van der Waals surface area contributed by atoms with Gasteiger partial charge in [0.15, 0.2) is 0 Å². The lowest BCUT2D eigenvalue weighted by Gasteiger charge is -2.30. The van der Waals surface area contributed by atoms with Crippen LogP contribution in [0.25, 0.3) is 0 Å². The molecular formula is C24H31N3O4. The first-order chi connectivity index (χ1) is 14.9. The summed E-state index contributed by atoms with van der Waals surface area (Å²) in [7, 11) is 0. The van der Waals surface area contributed by atoms with Gasteiger partial charge in [0, 0.05) is 31.9 Å². The lowest BCUT2D eigenvalue weighted by atomic mass is 9.95. The number of amides is 2. The Morgan fingerprint density at radius 3 is 2.65 bits per heavy atom. The number of pyridine rings is 1. The van der Waals surface area contributed by atoms with Crippen LogP contribution in [0.15, 0.2) is 41.3 Å². The summed E-state index contributed by atoms with van der Waals surface area (Å²) in [5, 5.41) is 12.2. The zero-order valence-electron chi connectivity index (χ0n) is 18.3. The van der Waals surface area contributed by atoms with Crippen LogP contribution in [0.2, 0.25) is 0 Å². The third kappa shape index (κ3) is 5.41. The van der Waals surface area contributed by atoms with E-state index in [9.17, 15) is 19.5 Å². The maximum atomic E-state index is 13.3. The van der Waals surface area contributed by atoms with E-state index >= 15 is 0 Å². The molecule has 7 nitrogen and oxygen atoms in total. The second-order valence-corrected chi connectivity index (χ2v) is 8.13. The van der Waals surface area contributed by atoms with Crippen molar-refractivity contribution < 1.29 is 14.7 Å². The summed E-state index contributed by atoms with van der Waals surface area (Å²) >= 11 is 0. The summed E-state index contributed by atoms with van der Waals surface area (Å²) in [5.41, 5.74) is 2.49. The predicted molar refractivity (Wildman–Crippen MR) is 119 cm³/mol. The third-order valence-electron chi connectivity index (χ3n) is 5.77. The quantitative estimate of drug-likeness (QED) is 0.676. The van der Waals surface area contributed by atoms with E-state index < -0.39 is 6.61 Å². The molecule has 0 fully saturated rings. The van der Waals surface area contributed by atoms with Crippen LogP contribution in [0.4, 0.5) is 0 Å². The maximum absolute atomic E-state index is 13.3. The van der Waals surface area contributed by atoms with E-state index in [1.165, 1.54) is 0 Å². The van der Waals surface area contributed by atoms with Crippen molar-refractivity contribution in [1.82, 2.24) is 14.8 Å². The monoisotopic (exact) mass is 425 g/mol. The summed E-state index contributed by atoms with van der Waals surface area (Å²) in [5.74, 6) is -0.701. The molecule has 1 unspecified atom stereocenters. The molecule has 0 spiro atoms. The van der Waals surface area contributed by atoms with Gasteiger partial charge < -0.3 is 19.9 Å². The SMILES string of the molecule is CCCC(C)NC(=O)c1c2c(cn(CCc3ccccc3)c1=O)CN(C(=O)CO)CC2. The summed E-state index contributed by atoms with van der Waals surface area (Å²) in [6, 6.07) is 9.84. The average molecular weight is 426 g/mol. The van der Waals surface area contributed by atoms with Crippen molar-refractivity contribution in [2.45, 2.75) is 58.7 Å². The van der Waals surface area contributed by atoms with E-state index in [0.29, 0.717) is 31.5 Å². The molecule has 0 saturated carbocycles. The van der Waals surface area contributed by atoms with E-state index in [4.69, 9.17) is 0 Å². The number of rotatable bonds is 8. The van der Waals surface area contributed by atoms with Gasteiger partial charge in [-0.25, -0.2) is 0 Å². The number of hydrogen-bond acceptors (Lipinski definition) is 4. The second-order valence-electron chi connectivity index (χ2n) is 8.13. The highest BCUT2D eigenvalue weighted by molar-refractivity contribution is 5.96. The van der Waals surface area contributed by atoms with Crippen LogP contribution < -0.4 is 10.9 Å². The molecule has 1 aliphatic rings. The van der Waals surface area contributed by atoms with Crippen molar-refractivity contribution in [3.8, 4) is 0 Å². The number of aliphatic hydroxyl groups is 1. The van der Waals surface area contributed by atoms with Crippen LogP contribution in [0, 0.1) is 0 Å². The van der Waals surface area contributed by atoms with Crippen molar-refractivity contribution >= 4 is 11.8 Å². The number of benzene rings is 1. The highest BCUT2D eigenvalue weighted by atomic mass is 16.3. The maximum Gasteiger partial charge on any atom is 0.263 e. The van der Waals surface area contributed by atoms with Gasteiger partial charge in [-0.1, -0.05) is 43.7 Å². The molecule has 166 valence electrons. The van der Waals surface area contributed by atoms with Crippen LogP contribution in [0.1, 0.15) is 53.7 Å². The molecule has 1 atom stereocenters. The van der Waals surface area contributed by atoms with Gasteiger partial charge >= 0.3 is 0 Å². The summed E-state index contributed by atoms with van der Waals surface area (Å²) in [6.07, 6.45) is 4.62. The van der Waals surface area contributed by atoms with Crippen LogP contribution in [-0.4, -0.2) is 45.6 Å². The molecule has 1 aromatic carbocycles. The van der Waals surface area contributed by atoms with E-state index in [2.05, 4.69) is 12.2 Å². The zero-order chi connectivity index (χ0) is 22.4. The van der Waals surface area contributed by atoms with Gasteiger partial charge in [0.25, 0.3) is 11.5 Å². The van der Waals surface area contributed by atoms with Gasteiger partial charge in [0.2, 0.25) is 5.91 Å². The molecule has 2 aromatic rings. The number of fused-ring (bicyclic) bond motifs is 1. The van der Waals surface area contributed by atoms with Crippen molar-refractivity contribution in [1.29, 1.82) is 0 Å². The van der Waals surface area contributed by atoms with Gasteiger partial charge in [-0.15, -0.1) is 0 Å². The number of aryl methyl sites for hydroxylation is 2. The van der Waals surface area contributed by atoms with Crippen LogP contribution in [0.5, 0.6) is 0 Å². The molecule has 1 aromatic heterocycles.